The normalized spacial score (nSPS) is 10.6. The van der Waals surface area contributed by atoms with Crippen LogP contribution in [0.2, 0.25) is 0 Å². The van der Waals surface area contributed by atoms with E-state index in [4.69, 9.17) is 5.73 Å². The molecular weight excluding hydrogens is 220 g/mol. The van der Waals surface area contributed by atoms with Crippen LogP contribution < -0.4 is 16.6 Å². The van der Waals surface area contributed by atoms with Gasteiger partial charge in [-0.05, 0) is 12.1 Å². The molecule has 1 amide bonds. The van der Waals surface area contributed by atoms with Crippen molar-refractivity contribution in [2.24, 2.45) is 5.73 Å². The Morgan fingerprint density at radius 3 is 2.94 bits per heavy atom. The molecule has 88 valence electrons. The predicted molar refractivity (Wildman–Crippen MR) is 63.3 cm³/mol. The summed E-state index contributed by atoms with van der Waals surface area (Å²) in [6.45, 7) is 0.347. The van der Waals surface area contributed by atoms with Crippen molar-refractivity contribution in [2.45, 2.75) is 6.54 Å². The first-order chi connectivity index (χ1) is 8.16. The number of primary amides is 1. The highest BCUT2D eigenvalue weighted by Gasteiger charge is 2.02. The number of carbonyl (C=O) groups excluding carboxylic acids is 1. The second-order valence-electron chi connectivity index (χ2n) is 3.60. The maximum absolute atomic E-state index is 11.7. The fraction of sp³-hybridized carbons (Fsp3) is 0.182. The summed E-state index contributed by atoms with van der Waals surface area (Å²) < 4.78 is 0. The number of aromatic amines is 1. The molecule has 0 aliphatic rings. The monoisotopic (exact) mass is 232 g/mol. The first-order valence-corrected chi connectivity index (χ1v) is 5.14. The lowest BCUT2D eigenvalue weighted by atomic mass is 10.2. The van der Waals surface area contributed by atoms with E-state index in [9.17, 15) is 9.59 Å². The lowest BCUT2D eigenvalue weighted by Gasteiger charge is -2.03. The van der Waals surface area contributed by atoms with E-state index in [1.807, 2.05) is 6.07 Å². The number of aromatic nitrogens is 2. The maximum atomic E-state index is 11.7. The van der Waals surface area contributed by atoms with Crippen molar-refractivity contribution in [1.29, 1.82) is 0 Å². The molecule has 1 heterocycles. The van der Waals surface area contributed by atoms with E-state index in [0.717, 1.165) is 0 Å². The molecule has 0 spiro atoms. The van der Waals surface area contributed by atoms with Gasteiger partial charge in [0, 0.05) is 0 Å². The SMILES string of the molecule is NC(=O)CNCc1nc2ccccc2c(=O)[nH]1. The third-order valence-corrected chi connectivity index (χ3v) is 2.25. The van der Waals surface area contributed by atoms with E-state index in [-0.39, 0.29) is 12.1 Å². The van der Waals surface area contributed by atoms with Crippen LogP contribution in [0.15, 0.2) is 29.1 Å². The number of hydrogen-bond acceptors (Lipinski definition) is 4. The summed E-state index contributed by atoms with van der Waals surface area (Å²) >= 11 is 0. The summed E-state index contributed by atoms with van der Waals surface area (Å²) in [4.78, 5) is 29.1. The number of nitrogens with zero attached hydrogens (tertiary/aromatic N) is 1. The van der Waals surface area contributed by atoms with Gasteiger partial charge in [-0.15, -0.1) is 0 Å². The van der Waals surface area contributed by atoms with Crippen LogP contribution in [0.25, 0.3) is 10.9 Å². The number of rotatable bonds is 4. The summed E-state index contributed by atoms with van der Waals surface area (Å²) in [5, 5.41) is 3.33. The summed E-state index contributed by atoms with van der Waals surface area (Å²) in [6, 6.07) is 7.07. The summed E-state index contributed by atoms with van der Waals surface area (Å²) in [7, 11) is 0. The number of nitrogens with one attached hydrogen (secondary N) is 2. The van der Waals surface area contributed by atoms with Crippen molar-refractivity contribution in [3.63, 3.8) is 0 Å². The highest BCUT2D eigenvalue weighted by atomic mass is 16.1. The standard InChI is InChI=1S/C11H12N4O2/c12-9(16)5-13-6-10-14-8-4-2-1-3-7(8)11(17)15-10/h1-4,13H,5-6H2,(H2,12,16)(H,14,15,17). The average molecular weight is 232 g/mol. The number of fused-ring (bicyclic) bond motifs is 1. The van der Waals surface area contributed by atoms with Gasteiger partial charge in [-0.25, -0.2) is 4.98 Å². The van der Waals surface area contributed by atoms with Gasteiger partial charge in [0.25, 0.3) is 5.56 Å². The van der Waals surface area contributed by atoms with Crippen molar-refractivity contribution in [2.75, 3.05) is 6.54 Å². The Labute approximate surface area is 96.9 Å². The molecule has 1 aromatic carbocycles. The van der Waals surface area contributed by atoms with Crippen LogP contribution in [-0.2, 0) is 11.3 Å². The number of benzene rings is 1. The molecule has 17 heavy (non-hydrogen) atoms. The van der Waals surface area contributed by atoms with Crippen molar-refractivity contribution in [3.8, 4) is 0 Å². The quantitative estimate of drug-likeness (QED) is 0.661. The first-order valence-electron chi connectivity index (χ1n) is 5.14. The minimum atomic E-state index is -0.451. The Morgan fingerprint density at radius 2 is 2.18 bits per heavy atom. The lowest BCUT2D eigenvalue weighted by Crippen LogP contribution is -2.29. The van der Waals surface area contributed by atoms with Gasteiger partial charge in [-0.1, -0.05) is 12.1 Å². The first kappa shape index (κ1) is 11.3. The number of H-pyrrole nitrogens is 1. The Balaban J connectivity index is 2.25. The van der Waals surface area contributed by atoms with Crippen LogP contribution in [-0.4, -0.2) is 22.4 Å². The summed E-state index contributed by atoms with van der Waals surface area (Å²) in [5.41, 5.74) is 5.43. The molecule has 0 unspecified atom stereocenters. The van der Waals surface area contributed by atoms with E-state index in [2.05, 4.69) is 15.3 Å². The van der Waals surface area contributed by atoms with Crippen LogP contribution >= 0.6 is 0 Å². The van der Waals surface area contributed by atoms with Gasteiger partial charge in [-0.3, -0.25) is 9.59 Å². The molecule has 0 aliphatic heterocycles. The molecule has 6 nitrogen and oxygen atoms in total. The fourth-order valence-electron chi connectivity index (χ4n) is 1.52. The predicted octanol–water partition coefficient (Wildman–Crippen LogP) is -0.502. The molecule has 0 fully saturated rings. The Kier molecular flexibility index (Phi) is 3.15. The van der Waals surface area contributed by atoms with E-state index in [1.165, 1.54) is 0 Å². The molecule has 6 heteroatoms. The smallest absolute Gasteiger partial charge is 0.258 e. The van der Waals surface area contributed by atoms with Crippen molar-refractivity contribution >= 4 is 16.8 Å². The number of para-hydroxylation sites is 1. The van der Waals surface area contributed by atoms with Crippen LogP contribution in [0.3, 0.4) is 0 Å². The third-order valence-electron chi connectivity index (χ3n) is 2.25. The minimum Gasteiger partial charge on any atom is -0.369 e. The van der Waals surface area contributed by atoms with Gasteiger partial charge in [-0.2, -0.15) is 0 Å². The molecule has 0 radical (unpaired) electrons. The second kappa shape index (κ2) is 4.75. The second-order valence-corrected chi connectivity index (χ2v) is 3.60. The maximum Gasteiger partial charge on any atom is 0.258 e. The van der Waals surface area contributed by atoms with Gasteiger partial charge in [0.15, 0.2) is 0 Å². The van der Waals surface area contributed by atoms with Gasteiger partial charge in [0.2, 0.25) is 5.91 Å². The van der Waals surface area contributed by atoms with Crippen LogP contribution in [0, 0.1) is 0 Å². The zero-order valence-corrected chi connectivity index (χ0v) is 9.06. The minimum absolute atomic E-state index is 0.0521. The Hall–Kier alpha value is -2.21. The number of carbonyl (C=O) groups is 1. The summed E-state index contributed by atoms with van der Waals surface area (Å²) in [6.07, 6.45) is 0. The number of amides is 1. The molecule has 0 saturated carbocycles. The molecule has 4 N–H and O–H groups in total. The van der Waals surface area contributed by atoms with Crippen molar-refractivity contribution in [1.82, 2.24) is 15.3 Å². The van der Waals surface area contributed by atoms with Crippen molar-refractivity contribution < 1.29 is 4.79 Å². The number of nitrogens with two attached hydrogens (primary N) is 1. The van der Waals surface area contributed by atoms with Crippen LogP contribution in [0.5, 0.6) is 0 Å². The topological polar surface area (TPSA) is 101 Å². The lowest BCUT2D eigenvalue weighted by molar-refractivity contribution is -0.117. The molecule has 0 bridgehead atoms. The zero-order chi connectivity index (χ0) is 12.3. The summed E-state index contributed by atoms with van der Waals surface area (Å²) in [5.74, 6) is 0.0306. The van der Waals surface area contributed by atoms with Crippen LogP contribution in [0.1, 0.15) is 5.82 Å². The fourth-order valence-corrected chi connectivity index (χ4v) is 1.52. The van der Waals surface area contributed by atoms with Crippen molar-refractivity contribution in [3.05, 3.63) is 40.4 Å². The van der Waals surface area contributed by atoms with E-state index in [1.54, 1.807) is 18.2 Å². The highest BCUT2D eigenvalue weighted by Crippen LogP contribution is 2.05. The zero-order valence-electron chi connectivity index (χ0n) is 9.06. The van der Waals surface area contributed by atoms with Crippen LogP contribution in [0.4, 0.5) is 0 Å². The van der Waals surface area contributed by atoms with E-state index >= 15 is 0 Å². The largest absolute Gasteiger partial charge is 0.369 e. The van der Waals surface area contributed by atoms with Gasteiger partial charge in [0.1, 0.15) is 5.82 Å². The highest BCUT2D eigenvalue weighted by molar-refractivity contribution is 5.77. The van der Waals surface area contributed by atoms with E-state index in [0.29, 0.717) is 23.3 Å². The number of hydrogen-bond donors (Lipinski definition) is 3. The third kappa shape index (κ3) is 2.67. The molecular formula is C11H12N4O2. The Morgan fingerprint density at radius 1 is 1.41 bits per heavy atom. The van der Waals surface area contributed by atoms with Gasteiger partial charge >= 0.3 is 0 Å². The molecule has 0 saturated heterocycles. The average Bonchev–Trinajstić information content (AvgIpc) is 2.28. The van der Waals surface area contributed by atoms with Gasteiger partial charge < -0.3 is 16.0 Å². The molecule has 2 rings (SSSR count). The van der Waals surface area contributed by atoms with E-state index < -0.39 is 5.91 Å². The molecule has 1 aromatic heterocycles. The molecule has 0 aliphatic carbocycles. The van der Waals surface area contributed by atoms with Gasteiger partial charge in [0.05, 0.1) is 24.0 Å². The molecule has 2 aromatic rings. The Bertz CT molecular complexity index is 606. The molecule has 0 atom stereocenters.